The van der Waals surface area contributed by atoms with Gasteiger partial charge in [-0.15, -0.1) is 0 Å². The molecule has 2 aromatic rings. The van der Waals surface area contributed by atoms with Crippen molar-refractivity contribution in [3.63, 3.8) is 0 Å². The first-order chi connectivity index (χ1) is 8.81. The molecule has 1 heterocycles. The fourth-order valence-corrected chi connectivity index (χ4v) is 1.94. The molecule has 1 aromatic carbocycles. The van der Waals surface area contributed by atoms with E-state index in [2.05, 4.69) is 16.5 Å². The van der Waals surface area contributed by atoms with Gasteiger partial charge in [-0.2, -0.15) is 5.10 Å². The van der Waals surface area contributed by atoms with Gasteiger partial charge >= 0.3 is 0 Å². The molecule has 0 saturated heterocycles. The van der Waals surface area contributed by atoms with E-state index in [1.54, 1.807) is 7.11 Å². The first-order valence-corrected chi connectivity index (χ1v) is 6.10. The van der Waals surface area contributed by atoms with Crippen molar-refractivity contribution in [1.82, 2.24) is 15.1 Å². The Labute approximate surface area is 108 Å². The predicted octanol–water partition coefficient (Wildman–Crippen LogP) is 1.76. The smallest absolute Gasteiger partial charge is 0.123 e. The third-order valence-electron chi connectivity index (χ3n) is 2.99. The van der Waals surface area contributed by atoms with E-state index in [-0.39, 0.29) is 0 Å². The fraction of sp³-hybridized carbons (Fsp3) is 0.357. The van der Waals surface area contributed by atoms with Gasteiger partial charge in [0.05, 0.1) is 7.11 Å². The average molecular weight is 245 g/mol. The zero-order valence-electron chi connectivity index (χ0n) is 10.9. The van der Waals surface area contributed by atoms with Crippen LogP contribution < -0.4 is 10.1 Å². The second-order valence-corrected chi connectivity index (χ2v) is 4.18. The van der Waals surface area contributed by atoms with Crippen molar-refractivity contribution in [2.24, 2.45) is 7.05 Å². The van der Waals surface area contributed by atoms with Crippen LogP contribution in [0.1, 0.15) is 11.3 Å². The first kappa shape index (κ1) is 12.6. The Morgan fingerprint density at radius 3 is 2.83 bits per heavy atom. The van der Waals surface area contributed by atoms with Crippen LogP contribution in [0, 0.1) is 0 Å². The quantitative estimate of drug-likeness (QED) is 0.788. The minimum atomic E-state index is 0.821. The van der Waals surface area contributed by atoms with E-state index in [0.29, 0.717) is 0 Å². The summed E-state index contributed by atoms with van der Waals surface area (Å²) in [6.45, 7) is 1.75. The molecule has 0 amide bonds. The van der Waals surface area contributed by atoms with Gasteiger partial charge in [-0.1, -0.05) is 18.2 Å². The molecule has 0 saturated carbocycles. The van der Waals surface area contributed by atoms with Gasteiger partial charge in [0.1, 0.15) is 5.75 Å². The van der Waals surface area contributed by atoms with E-state index >= 15 is 0 Å². The minimum absolute atomic E-state index is 0.821. The van der Waals surface area contributed by atoms with Crippen LogP contribution in [-0.2, 0) is 20.0 Å². The number of aryl methyl sites for hydroxylation is 1. The van der Waals surface area contributed by atoms with Gasteiger partial charge < -0.3 is 10.1 Å². The van der Waals surface area contributed by atoms with Gasteiger partial charge in [0.15, 0.2) is 0 Å². The molecule has 4 nitrogen and oxygen atoms in total. The summed E-state index contributed by atoms with van der Waals surface area (Å²) in [5.41, 5.74) is 2.42. The SMILES string of the molecule is COc1ccccc1CNCCc1ccnn1C. The number of ether oxygens (including phenoxy) is 1. The monoisotopic (exact) mass is 245 g/mol. The van der Waals surface area contributed by atoms with Crippen LogP contribution in [0.4, 0.5) is 0 Å². The van der Waals surface area contributed by atoms with Crippen LogP contribution in [0.3, 0.4) is 0 Å². The Balaban J connectivity index is 1.80. The fourth-order valence-electron chi connectivity index (χ4n) is 1.94. The zero-order valence-corrected chi connectivity index (χ0v) is 10.9. The molecular formula is C14H19N3O. The largest absolute Gasteiger partial charge is 0.496 e. The highest BCUT2D eigenvalue weighted by Gasteiger charge is 2.01. The van der Waals surface area contributed by atoms with Crippen molar-refractivity contribution < 1.29 is 4.74 Å². The third-order valence-corrected chi connectivity index (χ3v) is 2.99. The Hall–Kier alpha value is -1.81. The Kier molecular flexibility index (Phi) is 4.36. The van der Waals surface area contributed by atoms with Gasteiger partial charge in [0, 0.05) is 44.0 Å². The summed E-state index contributed by atoms with van der Waals surface area (Å²) >= 11 is 0. The Morgan fingerprint density at radius 1 is 1.28 bits per heavy atom. The third kappa shape index (κ3) is 3.11. The maximum Gasteiger partial charge on any atom is 0.123 e. The number of para-hydroxylation sites is 1. The number of rotatable bonds is 6. The summed E-state index contributed by atoms with van der Waals surface area (Å²) in [7, 11) is 3.67. The molecule has 0 aliphatic rings. The van der Waals surface area contributed by atoms with Crippen LogP contribution in [0.5, 0.6) is 5.75 Å². The van der Waals surface area contributed by atoms with Gasteiger partial charge in [-0.05, 0) is 12.1 Å². The molecule has 4 heteroatoms. The van der Waals surface area contributed by atoms with Crippen LogP contribution in [0.2, 0.25) is 0 Å². The molecule has 18 heavy (non-hydrogen) atoms. The van der Waals surface area contributed by atoms with E-state index in [1.165, 1.54) is 11.3 Å². The maximum atomic E-state index is 5.31. The highest BCUT2D eigenvalue weighted by Crippen LogP contribution is 2.16. The Morgan fingerprint density at radius 2 is 2.11 bits per heavy atom. The first-order valence-electron chi connectivity index (χ1n) is 6.10. The van der Waals surface area contributed by atoms with Crippen LogP contribution in [0.15, 0.2) is 36.5 Å². The zero-order chi connectivity index (χ0) is 12.8. The molecule has 96 valence electrons. The van der Waals surface area contributed by atoms with Crippen molar-refractivity contribution in [2.75, 3.05) is 13.7 Å². The second-order valence-electron chi connectivity index (χ2n) is 4.18. The Bertz CT molecular complexity index is 493. The molecule has 0 spiro atoms. The van der Waals surface area contributed by atoms with Crippen LogP contribution in [0.25, 0.3) is 0 Å². The molecule has 0 fully saturated rings. The summed E-state index contributed by atoms with van der Waals surface area (Å²) in [4.78, 5) is 0. The molecule has 2 rings (SSSR count). The van der Waals surface area contributed by atoms with Crippen LogP contribution in [-0.4, -0.2) is 23.4 Å². The average Bonchev–Trinajstić information content (AvgIpc) is 2.81. The molecular weight excluding hydrogens is 226 g/mol. The summed E-state index contributed by atoms with van der Waals surface area (Å²) in [5, 5.41) is 7.57. The van der Waals surface area contributed by atoms with Gasteiger partial charge in [0.25, 0.3) is 0 Å². The van der Waals surface area contributed by atoms with Crippen molar-refractivity contribution in [1.29, 1.82) is 0 Å². The van der Waals surface area contributed by atoms with Gasteiger partial charge in [-0.3, -0.25) is 4.68 Å². The minimum Gasteiger partial charge on any atom is -0.496 e. The van der Waals surface area contributed by atoms with Gasteiger partial charge in [0.2, 0.25) is 0 Å². The van der Waals surface area contributed by atoms with Crippen molar-refractivity contribution in [3.05, 3.63) is 47.8 Å². The molecule has 0 unspecified atom stereocenters. The summed E-state index contributed by atoms with van der Waals surface area (Å²) in [6.07, 6.45) is 2.81. The second kappa shape index (κ2) is 6.21. The molecule has 0 bridgehead atoms. The predicted molar refractivity (Wildman–Crippen MR) is 71.6 cm³/mol. The number of hydrogen-bond acceptors (Lipinski definition) is 3. The molecule has 0 radical (unpaired) electrons. The number of hydrogen-bond donors (Lipinski definition) is 1. The molecule has 0 atom stereocenters. The number of aromatic nitrogens is 2. The van der Waals surface area contributed by atoms with E-state index in [1.807, 2.05) is 42.2 Å². The summed E-state index contributed by atoms with van der Waals surface area (Å²) < 4.78 is 7.22. The number of methoxy groups -OCH3 is 1. The lowest BCUT2D eigenvalue weighted by atomic mass is 10.2. The summed E-state index contributed by atoms with van der Waals surface area (Å²) in [5.74, 6) is 0.936. The van der Waals surface area contributed by atoms with Crippen molar-refractivity contribution in [2.45, 2.75) is 13.0 Å². The molecule has 1 aromatic heterocycles. The number of benzene rings is 1. The van der Waals surface area contributed by atoms with E-state index in [4.69, 9.17) is 4.74 Å². The molecule has 1 N–H and O–H groups in total. The van der Waals surface area contributed by atoms with E-state index in [0.717, 1.165) is 25.3 Å². The topological polar surface area (TPSA) is 39.1 Å². The van der Waals surface area contributed by atoms with Crippen molar-refractivity contribution in [3.8, 4) is 5.75 Å². The van der Waals surface area contributed by atoms with Gasteiger partial charge in [-0.25, -0.2) is 0 Å². The highest BCUT2D eigenvalue weighted by molar-refractivity contribution is 5.32. The lowest BCUT2D eigenvalue weighted by molar-refractivity contribution is 0.407. The summed E-state index contributed by atoms with van der Waals surface area (Å²) in [6, 6.07) is 10.1. The number of nitrogens with one attached hydrogen (secondary N) is 1. The lowest BCUT2D eigenvalue weighted by Crippen LogP contribution is -2.18. The standard InChI is InChI=1S/C14H19N3O/c1-17-13(8-10-16-17)7-9-15-11-12-5-3-4-6-14(12)18-2/h3-6,8,10,15H,7,9,11H2,1-2H3. The maximum absolute atomic E-state index is 5.31. The number of nitrogens with zero attached hydrogens (tertiary/aromatic N) is 2. The highest BCUT2D eigenvalue weighted by atomic mass is 16.5. The van der Waals surface area contributed by atoms with Crippen LogP contribution >= 0.6 is 0 Å². The lowest BCUT2D eigenvalue weighted by Gasteiger charge is -2.09. The molecule has 0 aliphatic heterocycles. The van der Waals surface area contributed by atoms with E-state index in [9.17, 15) is 0 Å². The van der Waals surface area contributed by atoms with E-state index < -0.39 is 0 Å². The normalized spacial score (nSPS) is 10.6. The van der Waals surface area contributed by atoms with Crippen molar-refractivity contribution >= 4 is 0 Å². The molecule has 0 aliphatic carbocycles.